The van der Waals surface area contributed by atoms with E-state index in [1.165, 1.54) is 0 Å². The number of pyridine rings is 1. The average molecular weight is 347 g/mol. The summed E-state index contributed by atoms with van der Waals surface area (Å²) in [5.41, 5.74) is 3.41. The molecule has 1 aromatic heterocycles. The maximum atomic E-state index is 12.7. The van der Waals surface area contributed by atoms with Gasteiger partial charge in [-0.1, -0.05) is 36.4 Å². The summed E-state index contributed by atoms with van der Waals surface area (Å²) in [5, 5.41) is 6.18. The summed E-state index contributed by atoms with van der Waals surface area (Å²) in [7, 11) is 1.62. The SMILES string of the molecule is COc1ccccc1CNC(=O)c1cccnc1Nc1ccccc1C. The van der Waals surface area contributed by atoms with Gasteiger partial charge in [-0.3, -0.25) is 4.79 Å². The van der Waals surface area contributed by atoms with Crippen LogP contribution in [0.3, 0.4) is 0 Å². The van der Waals surface area contributed by atoms with Crippen LogP contribution in [0.5, 0.6) is 5.75 Å². The first-order chi connectivity index (χ1) is 12.7. The van der Waals surface area contributed by atoms with Gasteiger partial charge in [0.1, 0.15) is 11.6 Å². The number of aromatic nitrogens is 1. The number of aryl methyl sites for hydroxylation is 1. The van der Waals surface area contributed by atoms with Crippen molar-refractivity contribution >= 4 is 17.4 Å². The molecule has 2 N–H and O–H groups in total. The van der Waals surface area contributed by atoms with E-state index >= 15 is 0 Å². The van der Waals surface area contributed by atoms with E-state index in [-0.39, 0.29) is 5.91 Å². The van der Waals surface area contributed by atoms with Crippen LogP contribution in [0.25, 0.3) is 0 Å². The predicted octanol–water partition coefficient (Wildman–Crippen LogP) is 4.07. The van der Waals surface area contributed by atoms with Gasteiger partial charge in [0.2, 0.25) is 0 Å². The van der Waals surface area contributed by atoms with Crippen LogP contribution in [-0.2, 0) is 6.54 Å². The van der Waals surface area contributed by atoms with Gasteiger partial charge in [-0.15, -0.1) is 0 Å². The summed E-state index contributed by atoms with van der Waals surface area (Å²) < 4.78 is 5.32. The molecule has 0 bridgehead atoms. The number of benzene rings is 2. The van der Waals surface area contributed by atoms with Crippen LogP contribution in [0.15, 0.2) is 66.9 Å². The Bertz CT molecular complexity index is 909. The third-order valence-corrected chi connectivity index (χ3v) is 4.08. The van der Waals surface area contributed by atoms with E-state index in [1.54, 1.807) is 25.4 Å². The number of hydrogen-bond acceptors (Lipinski definition) is 4. The molecule has 0 atom stereocenters. The maximum absolute atomic E-state index is 12.7. The summed E-state index contributed by atoms with van der Waals surface area (Å²) in [6, 6.07) is 19.0. The molecule has 3 aromatic rings. The predicted molar refractivity (Wildman–Crippen MR) is 103 cm³/mol. The number of amides is 1. The van der Waals surface area contributed by atoms with E-state index in [9.17, 15) is 4.79 Å². The first-order valence-corrected chi connectivity index (χ1v) is 8.37. The van der Waals surface area contributed by atoms with Gasteiger partial charge in [-0.25, -0.2) is 4.98 Å². The molecule has 0 spiro atoms. The summed E-state index contributed by atoms with van der Waals surface area (Å²) in [4.78, 5) is 17.0. The molecule has 0 unspecified atom stereocenters. The molecular formula is C21H21N3O2. The van der Waals surface area contributed by atoms with Gasteiger partial charge in [-0.05, 0) is 36.8 Å². The van der Waals surface area contributed by atoms with Gasteiger partial charge in [0.15, 0.2) is 0 Å². The number of nitrogens with one attached hydrogen (secondary N) is 2. The molecule has 132 valence electrons. The topological polar surface area (TPSA) is 63.2 Å². The number of nitrogens with zero attached hydrogens (tertiary/aromatic N) is 1. The largest absolute Gasteiger partial charge is 0.496 e. The van der Waals surface area contributed by atoms with Crippen molar-refractivity contribution in [2.75, 3.05) is 12.4 Å². The number of hydrogen-bond donors (Lipinski definition) is 2. The molecule has 0 saturated heterocycles. The molecule has 1 heterocycles. The van der Waals surface area contributed by atoms with Gasteiger partial charge in [0.25, 0.3) is 5.91 Å². The minimum absolute atomic E-state index is 0.194. The van der Waals surface area contributed by atoms with Crippen LogP contribution in [0.1, 0.15) is 21.5 Å². The summed E-state index contributed by atoms with van der Waals surface area (Å²) in [6.07, 6.45) is 1.66. The fourth-order valence-corrected chi connectivity index (χ4v) is 2.65. The summed E-state index contributed by atoms with van der Waals surface area (Å²) >= 11 is 0. The number of anilines is 2. The molecule has 0 radical (unpaired) electrons. The Balaban J connectivity index is 1.77. The Morgan fingerprint density at radius 2 is 1.81 bits per heavy atom. The highest BCUT2D eigenvalue weighted by Crippen LogP contribution is 2.22. The first-order valence-electron chi connectivity index (χ1n) is 8.37. The summed E-state index contributed by atoms with van der Waals surface area (Å²) in [5.74, 6) is 1.08. The number of rotatable bonds is 6. The number of para-hydroxylation sites is 2. The van der Waals surface area contributed by atoms with E-state index in [4.69, 9.17) is 4.74 Å². The Morgan fingerprint density at radius 1 is 1.04 bits per heavy atom. The van der Waals surface area contributed by atoms with Crippen LogP contribution in [0.4, 0.5) is 11.5 Å². The molecule has 5 nitrogen and oxygen atoms in total. The van der Waals surface area contributed by atoms with Crippen LogP contribution in [0, 0.1) is 6.92 Å². The number of carbonyl (C=O) groups excluding carboxylic acids is 1. The Morgan fingerprint density at radius 3 is 2.62 bits per heavy atom. The van der Waals surface area contributed by atoms with E-state index in [0.717, 1.165) is 22.6 Å². The quantitative estimate of drug-likeness (QED) is 0.705. The van der Waals surface area contributed by atoms with Crippen molar-refractivity contribution in [2.24, 2.45) is 0 Å². The molecule has 0 aliphatic heterocycles. The molecule has 0 aliphatic rings. The average Bonchev–Trinajstić information content (AvgIpc) is 2.68. The fourth-order valence-electron chi connectivity index (χ4n) is 2.65. The zero-order valence-electron chi connectivity index (χ0n) is 14.8. The van der Waals surface area contributed by atoms with Crippen LogP contribution in [-0.4, -0.2) is 18.0 Å². The first kappa shape index (κ1) is 17.5. The highest BCUT2D eigenvalue weighted by atomic mass is 16.5. The minimum Gasteiger partial charge on any atom is -0.496 e. The number of ether oxygens (including phenoxy) is 1. The van der Waals surface area contributed by atoms with Crippen molar-refractivity contribution in [3.8, 4) is 5.75 Å². The summed E-state index contributed by atoms with van der Waals surface area (Å²) in [6.45, 7) is 2.38. The number of methoxy groups -OCH3 is 1. The zero-order valence-corrected chi connectivity index (χ0v) is 14.8. The second-order valence-corrected chi connectivity index (χ2v) is 5.83. The molecule has 0 aliphatic carbocycles. The Hall–Kier alpha value is -3.34. The van der Waals surface area contributed by atoms with Crippen molar-refractivity contribution in [3.05, 3.63) is 83.6 Å². The standard InChI is InChI=1S/C21H21N3O2/c1-15-8-3-5-11-18(15)24-20-17(10-7-13-22-20)21(25)23-14-16-9-4-6-12-19(16)26-2/h3-13H,14H2,1-2H3,(H,22,24)(H,23,25). The van der Waals surface area contributed by atoms with E-state index in [1.807, 2.05) is 55.5 Å². The smallest absolute Gasteiger partial charge is 0.255 e. The Labute approximate surface area is 153 Å². The second-order valence-electron chi connectivity index (χ2n) is 5.83. The van der Waals surface area contributed by atoms with Crippen LogP contribution in [0.2, 0.25) is 0 Å². The lowest BCUT2D eigenvalue weighted by Crippen LogP contribution is -2.24. The van der Waals surface area contributed by atoms with Crippen molar-refractivity contribution in [1.82, 2.24) is 10.3 Å². The lowest BCUT2D eigenvalue weighted by Gasteiger charge is -2.13. The highest BCUT2D eigenvalue weighted by Gasteiger charge is 2.13. The molecule has 0 fully saturated rings. The van der Waals surface area contributed by atoms with Gasteiger partial charge < -0.3 is 15.4 Å². The molecule has 0 saturated carbocycles. The molecule has 5 heteroatoms. The fraction of sp³-hybridized carbons (Fsp3) is 0.143. The van der Waals surface area contributed by atoms with Gasteiger partial charge >= 0.3 is 0 Å². The molecule has 1 amide bonds. The minimum atomic E-state index is -0.194. The normalized spacial score (nSPS) is 10.2. The zero-order chi connectivity index (χ0) is 18.4. The van der Waals surface area contributed by atoms with E-state index < -0.39 is 0 Å². The molecule has 26 heavy (non-hydrogen) atoms. The van der Waals surface area contributed by atoms with Gasteiger partial charge in [0.05, 0.1) is 12.7 Å². The van der Waals surface area contributed by atoms with Crippen LogP contribution < -0.4 is 15.4 Å². The Kier molecular flexibility index (Phi) is 5.49. The van der Waals surface area contributed by atoms with Crippen molar-refractivity contribution in [1.29, 1.82) is 0 Å². The number of carbonyl (C=O) groups is 1. The lowest BCUT2D eigenvalue weighted by atomic mass is 10.1. The lowest BCUT2D eigenvalue weighted by molar-refractivity contribution is 0.0951. The second kappa shape index (κ2) is 8.16. The van der Waals surface area contributed by atoms with Crippen LogP contribution >= 0.6 is 0 Å². The third-order valence-electron chi connectivity index (χ3n) is 4.08. The van der Waals surface area contributed by atoms with Gasteiger partial charge in [-0.2, -0.15) is 0 Å². The highest BCUT2D eigenvalue weighted by molar-refractivity contribution is 5.99. The maximum Gasteiger partial charge on any atom is 0.255 e. The van der Waals surface area contributed by atoms with Crippen molar-refractivity contribution in [2.45, 2.75) is 13.5 Å². The van der Waals surface area contributed by atoms with E-state index in [2.05, 4.69) is 15.6 Å². The molecule has 3 rings (SSSR count). The van der Waals surface area contributed by atoms with E-state index in [0.29, 0.717) is 17.9 Å². The van der Waals surface area contributed by atoms with Gasteiger partial charge in [0, 0.05) is 24.0 Å². The van der Waals surface area contributed by atoms with Crippen molar-refractivity contribution in [3.63, 3.8) is 0 Å². The molecule has 2 aromatic carbocycles. The monoisotopic (exact) mass is 347 g/mol. The van der Waals surface area contributed by atoms with Crippen molar-refractivity contribution < 1.29 is 9.53 Å². The molecular weight excluding hydrogens is 326 g/mol. The third kappa shape index (κ3) is 4.00.